The average Bonchev–Trinajstić information content (AvgIpc) is 2.67. The zero-order valence-electron chi connectivity index (χ0n) is 15.2. The highest BCUT2D eigenvalue weighted by Crippen LogP contribution is 2.41. The van der Waals surface area contributed by atoms with E-state index < -0.39 is 12.0 Å². The lowest BCUT2D eigenvalue weighted by Gasteiger charge is -2.26. The van der Waals surface area contributed by atoms with Crippen molar-refractivity contribution in [2.24, 2.45) is 4.99 Å². The van der Waals surface area contributed by atoms with Gasteiger partial charge in [0.2, 0.25) is 5.96 Å². The van der Waals surface area contributed by atoms with E-state index in [4.69, 9.17) is 33.1 Å². The van der Waals surface area contributed by atoms with Gasteiger partial charge in [-0.2, -0.15) is 10.5 Å². The van der Waals surface area contributed by atoms with Crippen LogP contribution in [0.25, 0.3) is 0 Å². The van der Waals surface area contributed by atoms with Crippen LogP contribution in [0.1, 0.15) is 40.0 Å². The van der Waals surface area contributed by atoms with Crippen molar-refractivity contribution in [3.05, 3.63) is 45.5 Å². The Kier molecular flexibility index (Phi) is 5.39. The Morgan fingerprint density at radius 2 is 2.17 bits per heavy atom. The van der Waals surface area contributed by atoms with Crippen molar-refractivity contribution >= 4 is 40.9 Å². The summed E-state index contributed by atoms with van der Waals surface area (Å²) in [7, 11) is 0. The highest BCUT2D eigenvalue weighted by Gasteiger charge is 2.30. The van der Waals surface area contributed by atoms with Crippen LogP contribution in [0.3, 0.4) is 0 Å². The third-order valence-electron chi connectivity index (χ3n) is 4.16. The number of nitriles is 2. The molecule has 1 atom stereocenters. The van der Waals surface area contributed by atoms with Gasteiger partial charge in [-0.3, -0.25) is 5.32 Å². The molecule has 0 saturated heterocycles. The standard InChI is InChI=1S/C18H15ClN8O2/c1-2-29-17(28)9-4-3-8(5-11(9)19)14-12-13(22)10(6-20)15(23)26-16(12)27-18(25-14)24-7-21/h3-5,14H,2H2,1H3,(H6,22,23,24,25,26,27). The largest absolute Gasteiger partial charge is 0.462 e. The van der Waals surface area contributed by atoms with Crippen molar-refractivity contribution in [2.75, 3.05) is 23.4 Å². The topological polar surface area (TPSA) is 175 Å². The summed E-state index contributed by atoms with van der Waals surface area (Å²) in [5.41, 5.74) is 13.3. The van der Waals surface area contributed by atoms with Crippen molar-refractivity contribution in [2.45, 2.75) is 13.0 Å². The van der Waals surface area contributed by atoms with Gasteiger partial charge in [0.1, 0.15) is 29.3 Å². The molecule has 0 aliphatic carbocycles. The van der Waals surface area contributed by atoms with Crippen molar-refractivity contribution in [3.63, 3.8) is 0 Å². The van der Waals surface area contributed by atoms with Crippen LogP contribution in [0.4, 0.5) is 17.3 Å². The van der Waals surface area contributed by atoms with E-state index in [2.05, 4.69) is 20.6 Å². The monoisotopic (exact) mass is 410 g/mol. The second-order valence-electron chi connectivity index (χ2n) is 5.86. The number of rotatable bonds is 3. The maximum atomic E-state index is 12.0. The zero-order chi connectivity index (χ0) is 21.1. The van der Waals surface area contributed by atoms with Gasteiger partial charge in [-0.1, -0.05) is 17.7 Å². The van der Waals surface area contributed by atoms with Crippen LogP contribution in [-0.2, 0) is 4.74 Å². The average molecular weight is 411 g/mol. The number of pyridine rings is 1. The minimum Gasteiger partial charge on any atom is -0.462 e. The SMILES string of the molecule is CCOC(=O)c1ccc(C2N=C(NC#N)Nc3nc(N)c(C#N)c(N)c32)cc1Cl. The van der Waals surface area contributed by atoms with Crippen LogP contribution in [-0.4, -0.2) is 23.5 Å². The number of hydrogen-bond donors (Lipinski definition) is 4. The first-order chi connectivity index (χ1) is 13.9. The molecule has 0 spiro atoms. The number of fused-ring (bicyclic) bond motifs is 1. The number of aliphatic imine (C=N–C) groups is 1. The number of nitrogen functional groups attached to an aromatic ring is 2. The van der Waals surface area contributed by atoms with E-state index in [1.165, 1.54) is 6.07 Å². The molecule has 29 heavy (non-hydrogen) atoms. The lowest BCUT2D eigenvalue weighted by molar-refractivity contribution is 0.0526. The number of nitrogens with zero attached hydrogens (tertiary/aromatic N) is 4. The van der Waals surface area contributed by atoms with Gasteiger partial charge in [-0.05, 0) is 24.6 Å². The summed E-state index contributed by atoms with van der Waals surface area (Å²) in [6.07, 6.45) is 1.77. The molecule has 6 N–H and O–H groups in total. The fourth-order valence-electron chi connectivity index (χ4n) is 2.90. The van der Waals surface area contributed by atoms with Gasteiger partial charge in [0.15, 0.2) is 6.19 Å². The zero-order valence-corrected chi connectivity index (χ0v) is 15.9. The number of anilines is 3. The van der Waals surface area contributed by atoms with E-state index in [9.17, 15) is 10.1 Å². The number of halogens is 1. The summed E-state index contributed by atoms with van der Waals surface area (Å²) >= 11 is 6.28. The maximum Gasteiger partial charge on any atom is 0.339 e. The van der Waals surface area contributed by atoms with Gasteiger partial charge >= 0.3 is 5.97 Å². The summed E-state index contributed by atoms with van der Waals surface area (Å²) in [6.45, 7) is 1.91. The molecule has 3 rings (SSSR count). The minimum absolute atomic E-state index is 0.0247. The quantitative estimate of drug-likeness (QED) is 0.334. The Labute approximate surface area is 170 Å². The number of guanidine groups is 1. The summed E-state index contributed by atoms with van der Waals surface area (Å²) in [5.74, 6) is -0.233. The first-order valence-corrected chi connectivity index (χ1v) is 8.74. The summed E-state index contributed by atoms with van der Waals surface area (Å²) < 4.78 is 4.98. The molecule has 0 radical (unpaired) electrons. The Morgan fingerprint density at radius 3 is 2.79 bits per heavy atom. The van der Waals surface area contributed by atoms with Gasteiger partial charge in [0, 0.05) is 5.56 Å². The molecule has 2 heterocycles. The highest BCUT2D eigenvalue weighted by atomic mass is 35.5. The molecule has 2 aromatic rings. The van der Waals surface area contributed by atoms with Crippen LogP contribution < -0.4 is 22.1 Å². The molecule has 11 heteroatoms. The normalized spacial score (nSPS) is 14.5. The number of nitrogens with two attached hydrogens (primary N) is 2. The molecule has 1 aliphatic heterocycles. The third-order valence-corrected chi connectivity index (χ3v) is 4.47. The first kappa shape index (κ1) is 19.7. The predicted molar refractivity (Wildman–Crippen MR) is 107 cm³/mol. The highest BCUT2D eigenvalue weighted by molar-refractivity contribution is 6.33. The molecule has 0 amide bonds. The van der Waals surface area contributed by atoms with Crippen molar-refractivity contribution in [1.29, 1.82) is 10.5 Å². The summed E-state index contributed by atoms with van der Waals surface area (Å²) in [5, 5.41) is 23.7. The molecule has 1 aromatic carbocycles. The molecule has 10 nitrogen and oxygen atoms in total. The van der Waals surface area contributed by atoms with E-state index in [1.54, 1.807) is 25.2 Å². The Balaban J connectivity index is 2.16. The van der Waals surface area contributed by atoms with Gasteiger partial charge < -0.3 is 21.5 Å². The Bertz CT molecular complexity index is 1120. The van der Waals surface area contributed by atoms with Gasteiger partial charge in [0.25, 0.3) is 0 Å². The molecular weight excluding hydrogens is 396 g/mol. The van der Waals surface area contributed by atoms with Crippen LogP contribution in [0.2, 0.25) is 5.02 Å². The molecular formula is C18H15ClN8O2. The van der Waals surface area contributed by atoms with Crippen molar-refractivity contribution in [3.8, 4) is 12.3 Å². The lowest BCUT2D eigenvalue weighted by Crippen LogP contribution is -2.32. The van der Waals surface area contributed by atoms with Crippen LogP contribution in [0.15, 0.2) is 23.2 Å². The van der Waals surface area contributed by atoms with E-state index in [1.807, 2.05) is 6.07 Å². The molecule has 0 bridgehead atoms. The molecule has 1 unspecified atom stereocenters. The number of carbonyl (C=O) groups is 1. The van der Waals surface area contributed by atoms with Crippen LogP contribution in [0, 0.1) is 22.8 Å². The fraction of sp³-hybridized carbons (Fsp3) is 0.167. The minimum atomic E-state index is -0.754. The second kappa shape index (κ2) is 7.92. The molecule has 0 saturated carbocycles. The molecule has 1 aromatic heterocycles. The van der Waals surface area contributed by atoms with Gasteiger partial charge in [-0.15, -0.1) is 0 Å². The first-order valence-electron chi connectivity index (χ1n) is 8.36. The second-order valence-corrected chi connectivity index (χ2v) is 6.27. The lowest BCUT2D eigenvalue weighted by atomic mass is 9.94. The van der Waals surface area contributed by atoms with E-state index in [0.717, 1.165) is 0 Å². The van der Waals surface area contributed by atoms with Gasteiger partial charge in [-0.25, -0.2) is 14.8 Å². The summed E-state index contributed by atoms with van der Waals surface area (Å²) in [6, 6.07) is 5.86. The number of nitrogens with one attached hydrogen (secondary N) is 2. The fourth-order valence-corrected chi connectivity index (χ4v) is 3.16. The van der Waals surface area contributed by atoms with Gasteiger partial charge in [0.05, 0.1) is 22.9 Å². The summed E-state index contributed by atoms with van der Waals surface area (Å²) in [4.78, 5) is 20.6. The Hall–Kier alpha value is -4.02. The number of ether oxygens (including phenoxy) is 1. The molecule has 1 aliphatic rings. The Morgan fingerprint density at radius 1 is 1.41 bits per heavy atom. The predicted octanol–water partition coefficient (Wildman–Crippen LogP) is 1.89. The number of hydrogen-bond acceptors (Lipinski definition) is 10. The third kappa shape index (κ3) is 3.57. The molecule has 0 fully saturated rings. The van der Waals surface area contributed by atoms with E-state index in [0.29, 0.717) is 11.1 Å². The van der Waals surface area contributed by atoms with E-state index in [-0.39, 0.29) is 46.0 Å². The van der Waals surface area contributed by atoms with E-state index >= 15 is 0 Å². The van der Waals surface area contributed by atoms with Crippen LogP contribution >= 0.6 is 11.6 Å². The van der Waals surface area contributed by atoms with Crippen LogP contribution in [0.5, 0.6) is 0 Å². The molecule has 146 valence electrons. The number of carbonyl (C=O) groups excluding carboxylic acids is 1. The number of esters is 1. The smallest absolute Gasteiger partial charge is 0.339 e. The number of benzene rings is 1. The van der Waals surface area contributed by atoms with Crippen molar-refractivity contribution in [1.82, 2.24) is 10.3 Å². The number of aromatic nitrogens is 1. The maximum absolute atomic E-state index is 12.0. The van der Waals surface area contributed by atoms with Crippen molar-refractivity contribution < 1.29 is 9.53 Å².